The van der Waals surface area contributed by atoms with E-state index < -0.39 is 0 Å². The van der Waals surface area contributed by atoms with Crippen molar-refractivity contribution in [1.29, 1.82) is 0 Å². The van der Waals surface area contributed by atoms with E-state index >= 15 is 0 Å². The largest absolute Gasteiger partial charge is 0.451 e. The quantitative estimate of drug-likeness (QED) is 0.679. The Hall–Kier alpha value is -2.27. The van der Waals surface area contributed by atoms with Gasteiger partial charge in [-0.2, -0.15) is 0 Å². The molecule has 21 heavy (non-hydrogen) atoms. The minimum Gasteiger partial charge on any atom is -0.451 e. The molecule has 0 bridgehead atoms. The first-order valence-corrected chi connectivity index (χ1v) is 7.19. The molecule has 0 aliphatic heterocycles. The van der Waals surface area contributed by atoms with Gasteiger partial charge in [0, 0.05) is 15.5 Å². The maximum Gasteiger partial charge on any atom is 0.291 e. The van der Waals surface area contributed by atoms with Crippen molar-refractivity contribution in [3.05, 3.63) is 58.3 Å². The van der Waals surface area contributed by atoms with Crippen LogP contribution in [0.25, 0.3) is 11.0 Å². The number of carbonyl (C=O) groups excluding carboxylic acids is 1. The van der Waals surface area contributed by atoms with Crippen molar-refractivity contribution in [3.8, 4) is 0 Å². The molecule has 3 rings (SSSR count). The number of nitrogens with two attached hydrogens (primary N) is 1. The number of amides is 1. The zero-order chi connectivity index (χ0) is 15.0. The molecule has 0 saturated carbocycles. The summed E-state index contributed by atoms with van der Waals surface area (Å²) in [6, 6.07) is 12.7. The van der Waals surface area contributed by atoms with Crippen molar-refractivity contribution in [2.24, 2.45) is 0 Å². The Morgan fingerprint density at radius 2 is 2.00 bits per heavy atom. The summed E-state index contributed by atoms with van der Waals surface area (Å²) in [5, 5.41) is 3.71. The fourth-order valence-corrected chi connectivity index (χ4v) is 2.59. The summed E-state index contributed by atoms with van der Waals surface area (Å²) in [6.07, 6.45) is 0. The third-order valence-electron chi connectivity index (χ3n) is 3.14. The predicted octanol–water partition coefficient (Wildman–Crippen LogP) is 4.34. The number of rotatable bonds is 2. The minimum absolute atomic E-state index is 0.277. The van der Waals surface area contributed by atoms with Gasteiger partial charge in [0.25, 0.3) is 5.91 Å². The lowest BCUT2D eigenvalue weighted by molar-refractivity contribution is 0.0998. The summed E-state index contributed by atoms with van der Waals surface area (Å²) >= 11 is 3.37. The number of halogens is 1. The molecule has 0 fully saturated rings. The third-order valence-corrected chi connectivity index (χ3v) is 3.79. The molecule has 0 atom stereocenters. The first-order valence-electron chi connectivity index (χ1n) is 6.39. The average Bonchev–Trinajstić information content (AvgIpc) is 2.85. The van der Waals surface area contributed by atoms with Crippen LogP contribution in [0, 0.1) is 6.92 Å². The molecule has 2 aromatic carbocycles. The van der Waals surface area contributed by atoms with Crippen molar-refractivity contribution in [3.63, 3.8) is 0 Å². The van der Waals surface area contributed by atoms with Gasteiger partial charge in [-0.05, 0) is 59.3 Å². The molecule has 3 aromatic rings. The Balaban J connectivity index is 1.89. The third kappa shape index (κ3) is 2.78. The van der Waals surface area contributed by atoms with E-state index in [9.17, 15) is 4.79 Å². The molecule has 3 N–H and O–H groups in total. The van der Waals surface area contributed by atoms with Crippen LogP contribution in [-0.2, 0) is 0 Å². The molecule has 106 valence electrons. The van der Waals surface area contributed by atoms with E-state index in [4.69, 9.17) is 10.2 Å². The second kappa shape index (κ2) is 5.26. The van der Waals surface area contributed by atoms with Crippen molar-refractivity contribution < 1.29 is 9.21 Å². The zero-order valence-corrected chi connectivity index (χ0v) is 12.9. The van der Waals surface area contributed by atoms with Crippen molar-refractivity contribution in [1.82, 2.24) is 0 Å². The first-order chi connectivity index (χ1) is 10.0. The number of carbonyl (C=O) groups is 1. The lowest BCUT2D eigenvalue weighted by atomic mass is 10.2. The van der Waals surface area contributed by atoms with Gasteiger partial charge in [-0.3, -0.25) is 4.79 Å². The van der Waals surface area contributed by atoms with E-state index in [2.05, 4.69) is 21.2 Å². The lowest BCUT2D eigenvalue weighted by Crippen LogP contribution is -2.11. The Kier molecular flexibility index (Phi) is 3.43. The van der Waals surface area contributed by atoms with Crippen LogP contribution in [0.5, 0.6) is 0 Å². The SMILES string of the molecule is Cc1ccc2oc(C(=O)Nc3ccc(N)cc3Br)cc2c1. The maximum absolute atomic E-state index is 12.2. The van der Waals surface area contributed by atoms with Crippen molar-refractivity contribution in [2.75, 3.05) is 11.1 Å². The van der Waals surface area contributed by atoms with Crippen LogP contribution in [0.4, 0.5) is 11.4 Å². The normalized spacial score (nSPS) is 10.8. The highest BCUT2D eigenvalue weighted by atomic mass is 79.9. The minimum atomic E-state index is -0.297. The number of nitrogens with one attached hydrogen (secondary N) is 1. The number of nitrogen functional groups attached to an aromatic ring is 1. The van der Waals surface area contributed by atoms with Gasteiger partial charge < -0.3 is 15.5 Å². The van der Waals surface area contributed by atoms with Crippen LogP contribution in [-0.4, -0.2) is 5.91 Å². The first kappa shape index (κ1) is 13.7. The summed E-state index contributed by atoms with van der Waals surface area (Å²) in [5.41, 5.74) is 8.76. The van der Waals surface area contributed by atoms with Crippen molar-refractivity contribution >= 4 is 44.2 Å². The predicted molar refractivity (Wildman–Crippen MR) is 87.5 cm³/mol. The number of hydrogen-bond donors (Lipinski definition) is 2. The average molecular weight is 345 g/mol. The highest BCUT2D eigenvalue weighted by molar-refractivity contribution is 9.10. The van der Waals surface area contributed by atoms with Gasteiger partial charge >= 0.3 is 0 Å². The molecule has 0 radical (unpaired) electrons. The second-order valence-electron chi connectivity index (χ2n) is 4.85. The molecular weight excluding hydrogens is 332 g/mol. The number of fused-ring (bicyclic) bond motifs is 1. The molecule has 1 amide bonds. The van der Waals surface area contributed by atoms with Gasteiger partial charge in [-0.15, -0.1) is 0 Å². The van der Waals surface area contributed by atoms with Gasteiger partial charge in [0.15, 0.2) is 5.76 Å². The topological polar surface area (TPSA) is 68.3 Å². The van der Waals surface area contributed by atoms with Crippen LogP contribution in [0.15, 0.2) is 51.4 Å². The van der Waals surface area contributed by atoms with E-state index in [0.717, 1.165) is 15.4 Å². The van der Waals surface area contributed by atoms with Gasteiger partial charge in [-0.1, -0.05) is 11.6 Å². The molecule has 0 saturated heterocycles. The van der Waals surface area contributed by atoms with Crippen LogP contribution >= 0.6 is 15.9 Å². The van der Waals surface area contributed by atoms with Gasteiger partial charge in [-0.25, -0.2) is 0 Å². The second-order valence-corrected chi connectivity index (χ2v) is 5.70. The maximum atomic E-state index is 12.2. The standard InChI is InChI=1S/C16H13BrN2O2/c1-9-2-5-14-10(6-9)7-15(21-14)16(20)19-13-4-3-11(18)8-12(13)17/h2-8H,18H2,1H3,(H,19,20). The molecule has 0 aliphatic rings. The van der Waals surface area contributed by atoms with Crippen LogP contribution in [0.2, 0.25) is 0 Å². The molecule has 1 aromatic heterocycles. The highest BCUT2D eigenvalue weighted by Gasteiger charge is 2.13. The number of benzene rings is 2. The highest BCUT2D eigenvalue weighted by Crippen LogP contribution is 2.26. The monoisotopic (exact) mass is 344 g/mol. The number of anilines is 2. The van der Waals surface area contributed by atoms with Crippen LogP contribution < -0.4 is 11.1 Å². The Morgan fingerprint density at radius 3 is 2.76 bits per heavy atom. The van der Waals surface area contributed by atoms with Crippen molar-refractivity contribution in [2.45, 2.75) is 6.92 Å². The molecule has 0 spiro atoms. The molecule has 5 heteroatoms. The zero-order valence-electron chi connectivity index (χ0n) is 11.3. The van der Waals surface area contributed by atoms with Crippen LogP contribution in [0.1, 0.15) is 16.1 Å². The number of aryl methyl sites for hydroxylation is 1. The van der Waals surface area contributed by atoms with E-state index in [0.29, 0.717) is 17.0 Å². The smallest absolute Gasteiger partial charge is 0.291 e. The number of furan rings is 1. The molecule has 1 heterocycles. The summed E-state index contributed by atoms with van der Waals surface area (Å²) in [4.78, 5) is 12.2. The van der Waals surface area contributed by atoms with E-state index in [1.54, 1.807) is 24.3 Å². The fourth-order valence-electron chi connectivity index (χ4n) is 2.09. The Bertz CT molecular complexity index is 839. The summed E-state index contributed by atoms with van der Waals surface area (Å²) in [6.45, 7) is 2.00. The Morgan fingerprint density at radius 1 is 1.19 bits per heavy atom. The lowest BCUT2D eigenvalue weighted by Gasteiger charge is -2.06. The Labute approximate surface area is 130 Å². The van der Waals surface area contributed by atoms with Gasteiger partial charge in [0.1, 0.15) is 5.58 Å². The van der Waals surface area contributed by atoms with Gasteiger partial charge in [0.2, 0.25) is 0 Å². The molecule has 0 unspecified atom stereocenters. The van der Waals surface area contributed by atoms with Gasteiger partial charge in [0.05, 0.1) is 5.69 Å². The summed E-state index contributed by atoms with van der Waals surface area (Å²) < 4.78 is 6.29. The van der Waals surface area contributed by atoms with E-state index in [1.165, 1.54) is 0 Å². The molecule has 4 nitrogen and oxygen atoms in total. The summed E-state index contributed by atoms with van der Waals surface area (Å²) in [5.74, 6) is -0.0198. The molecule has 0 aliphatic carbocycles. The van der Waals surface area contributed by atoms with Crippen LogP contribution in [0.3, 0.4) is 0 Å². The summed E-state index contributed by atoms with van der Waals surface area (Å²) in [7, 11) is 0. The number of hydrogen-bond acceptors (Lipinski definition) is 3. The fraction of sp³-hybridized carbons (Fsp3) is 0.0625. The molecular formula is C16H13BrN2O2. The van der Waals surface area contributed by atoms with E-state index in [1.807, 2.05) is 25.1 Å². The van der Waals surface area contributed by atoms with E-state index in [-0.39, 0.29) is 11.7 Å².